The number of ether oxygens (including phenoxy) is 1. The Kier molecular flexibility index (Phi) is 4.52. The van der Waals surface area contributed by atoms with Crippen LogP contribution < -0.4 is 0 Å². The summed E-state index contributed by atoms with van der Waals surface area (Å²) in [5, 5.41) is 8.63. The van der Waals surface area contributed by atoms with E-state index in [1.165, 1.54) is 12.7 Å². The summed E-state index contributed by atoms with van der Waals surface area (Å²) in [6, 6.07) is 0. The minimum absolute atomic E-state index is 0.0145. The van der Waals surface area contributed by atoms with Crippen molar-refractivity contribution in [2.24, 2.45) is 11.3 Å². The minimum atomic E-state index is -0.0814. The number of carbonyl (C=O) groups is 1. The molecule has 8 nitrogen and oxygen atoms in total. The Bertz CT molecular complexity index is 749. The van der Waals surface area contributed by atoms with Crippen molar-refractivity contribution in [3.63, 3.8) is 0 Å². The highest BCUT2D eigenvalue weighted by Crippen LogP contribution is 2.49. The number of carbonyl (C=O) groups excluding carboxylic acids is 1. The summed E-state index contributed by atoms with van der Waals surface area (Å²) >= 11 is 0. The molecule has 0 saturated carbocycles. The van der Waals surface area contributed by atoms with Gasteiger partial charge in [-0.15, -0.1) is 10.2 Å². The van der Waals surface area contributed by atoms with Crippen LogP contribution in [0.4, 0.5) is 0 Å². The minimum Gasteiger partial charge on any atom is -0.451 e. The molecule has 2 aromatic rings. The first-order chi connectivity index (χ1) is 12.6. The highest BCUT2D eigenvalue weighted by molar-refractivity contribution is 5.92. The molecule has 2 aromatic heterocycles. The number of nitrogens with zero attached hydrogens (tertiary/aromatic N) is 5. The van der Waals surface area contributed by atoms with Crippen molar-refractivity contribution >= 4 is 5.91 Å². The molecule has 0 aliphatic carbocycles. The van der Waals surface area contributed by atoms with Crippen LogP contribution in [0.5, 0.6) is 0 Å². The average molecular weight is 359 g/mol. The standard InChI is InChI=1S/C18H25N5O3/c1-13(2)7-23-11-20-21-16(23)14-8-22(17(24)15-9-26-12-19-15)10-18(14)3-5-25-6-4-18/h9,11-14H,3-8,10H2,1-2H3. The second-order valence-corrected chi connectivity index (χ2v) is 7.82. The van der Waals surface area contributed by atoms with E-state index in [1.807, 2.05) is 11.2 Å². The van der Waals surface area contributed by atoms with Crippen LogP contribution in [-0.2, 0) is 11.3 Å². The zero-order valence-electron chi connectivity index (χ0n) is 15.3. The Morgan fingerprint density at radius 1 is 1.38 bits per heavy atom. The number of hydrogen-bond acceptors (Lipinski definition) is 6. The highest BCUT2D eigenvalue weighted by atomic mass is 16.5. The number of amides is 1. The molecule has 26 heavy (non-hydrogen) atoms. The third-order valence-electron chi connectivity index (χ3n) is 5.59. The van der Waals surface area contributed by atoms with Crippen LogP contribution in [0.3, 0.4) is 0 Å². The summed E-state index contributed by atoms with van der Waals surface area (Å²) in [5.41, 5.74) is 0.343. The molecule has 2 saturated heterocycles. The van der Waals surface area contributed by atoms with Gasteiger partial charge in [-0.05, 0) is 18.8 Å². The van der Waals surface area contributed by atoms with Gasteiger partial charge in [0.1, 0.15) is 18.4 Å². The Balaban J connectivity index is 1.65. The maximum atomic E-state index is 12.8. The predicted molar refractivity (Wildman–Crippen MR) is 92.5 cm³/mol. The molecular formula is C18H25N5O3. The predicted octanol–water partition coefficient (Wildman–Crippen LogP) is 1.96. The molecule has 1 spiro atoms. The molecule has 8 heteroatoms. The van der Waals surface area contributed by atoms with Crippen LogP contribution >= 0.6 is 0 Å². The first kappa shape index (κ1) is 17.2. The van der Waals surface area contributed by atoms with Crippen LogP contribution in [0.15, 0.2) is 23.4 Å². The van der Waals surface area contributed by atoms with Crippen molar-refractivity contribution < 1.29 is 13.9 Å². The second kappa shape index (κ2) is 6.83. The Morgan fingerprint density at radius 3 is 2.88 bits per heavy atom. The lowest BCUT2D eigenvalue weighted by molar-refractivity contribution is 0.0106. The zero-order valence-corrected chi connectivity index (χ0v) is 15.3. The molecular weight excluding hydrogens is 334 g/mol. The van der Waals surface area contributed by atoms with Crippen molar-refractivity contribution in [3.8, 4) is 0 Å². The summed E-state index contributed by atoms with van der Waals surface area (Å²) in [7, 11) is 0. The fraction of sp³-hybridized carbons (Fsp3) is 0.667. The fourth-order valence-corrected chi connectivity index (χ4v) is 4.31. The van der Waals surface area contributed by atoms with Gasteiger partial charge in [0, 0.05) is 44.2 Å². The van der Waals surface area contributed by atoms with Crippen molar-refractivity contribution in [1.29, 1.82) is 0 Å². The zero-order chi connectivity index (χ0) is 18.1. The van der Waals surface area contributed by atoms with Crippen molar-refractivity contribution in [2.75, 3.05) is 26.3 Å². The third kappa shape index (κ3) is 3.02. The molecule has 1 atom stereocenters. The topological polar surface area (TPSA) is 86.3 Å². The summed E-state index contributed by atoms with van der Waals surface area (Å²) in [4.78, 5) is 18.8. The van der Waals surface area contributed by atoms with E-state index in [0.29, 0.717) is 24.7 Å². The summed E-state index contributed by atoms with van der Waals surface area (Å²) in [6.45, 7) is 8.01. The van der Waals surface area contributed by atoms with Crippen molar-refractivity contribution in [2.45, 2.75) is 39.2 Å². The third-order valence-corrected chi connectivity index (χ3v) is 5.59. The van der Waals surface area contributed by atoms with Gasteiger partial charge < -0.3 is 18.6 Å². The number of likely N-dealkylation sites (tertiary alicyclic amines) is 1. The molecule has 1 unspecified atom stereocenters. The van der Waals surface area contributed by atoms with E-state index in [4.69, 9.17) is 9.15 Å². The normalized spacial score (nSPS) is 22.4. The van der Waals surface area contributed by atoms with Gasteiger partial charge in [0.2, 0.25) is 0 Å². The van der Waals surface area contributed by atoms with E-state index in [9.17, 15) is 4.79 Å². The van der Waals surface area contributed by atoms with Gasteiger partial charge in [-0.1, -0.05) is 13.8 Å². The van der Waals surface area contributed by atoms with Crippen LogP contribution in [0.2, 0.25) is 0 Å². The molecule has 2 aliphatic heterocycles. The fourth-order valence-electron chi connectivity index (χ4n) is 4.31. The quantitative estimate of drug-likeness (QED) is 0.829. The van der Waals surface area contributed by atoms with Gasteiger partial charge in [0.25, 0.3) is 5.91 Å². The first-order valence-electron chi connectivity index (χ1n) is 9.22. The van der Waals surface area contributed by atoms with Crippen LogP contribution in [0, 0.1) is 11.3 Å². The maximum absolute atomic E-state index is 12.8. The summed E-state index contributed by atoms with van der Waals surface area (Å²) < 4.78 is 12.7. The summed E-state index contributed by atoms with van der Waals surface area (Å²) in [5.74, 6) is 1.56. The van der Waals surface area contributed by atoms with Crippen molar-refractivity contribution in [1.82, 2.24) is 24.6 Å². The maximum Gasteiger partial charge on any atom is 0.275 e. The number of aromatic nitrogens is 4. The van der Waals surface area contributed by atoms with Gasteiger partial charge in [-0.2, -0.15) is 0 Å². The lowest BCUT2D eigenvalue weighted by Crippen LogP contribution is -2.38. The van der Waals surface area contributed by atoms with E-state index >= 15 is 0 Å². The Labute approximate surface area is 152 Å². The van der Waals surface area contributed by atoms with E-state index < -0.39 is 0 Å². The Morgan fingerprint density at radius 2 is 2.19 bits per heavy atom. The molecule has 0 aromatic carbocycles. The molecule has 0 N–H and O–H groups in total. The molecule has 0 bridgehead atoms. The monoisotopic (exact) mass is 359 g/mol. The van der Waals surface area contributed by atoms with Gasteiger partial charge in [-0.3, -0.25) is 4.79 Å². The molecule has 0 radical (unpaired) electrons. The largest absolute Gasteiger partial charge is 0.451 e. The molecule has 140 valence electrons. The van der Waals surface area contributed by atoms with E-state index in [2.05, 4.69) is 33.6 Å². The molecule has 4 heterocycles. The average Bonchev–Trinajstić information content (AvgIpc) is 3.35. The second-order valence-electron chi connectivity index (χ2n) is 7.82. The number of hydrogen-bond donors (Lipinski definition) is 0. The van der Waals surface area contributed by atoms with Crippen LogP contribution in [0.25, 0.3) is 0 Å². The number of rotatable bonds is 4. The van der Waals surface area contributed by atoms with Gasteiger partial charge in [0.05, 0.1) is 0 Å². The highest BCUT2D eigenvalue weighted by Gasteiger charge is 2.51. The molecule has 4 rings (SSSR count). The van der Waals surface area contributed by atoms with E-state index in [1.54, 1.807) is 0 Å². The van der Waals surface area contributed by atoms with Gasteiger partial charge >= 0.3 is 0 Å². The lowest BCUT2D eigenvalue weighted by Gasteiger charge is -2.37. The molecule has 2 aliphatic rings. The van der Waals surface area contributed by atoms with Crippen LogP contribution in [0.1, 0.15) is 48.9 Å². The SMILES string of the molecule is CC(C)Cn1cnnc1C1CN(C(=O)c2cocn2)CC12CCOCC2. The van der Waals surface area contributed by atoms with Crippen LogP contribution in [-0.4, -0.2) is 56.9 Å². The lowest BCUT2D eigenvalue weighted by atomic mass is 9.71. The first-order valence-corrected chi connectivity index (χ1v) is 9.22. The van der Waals surface area contributed by atoms with E-state index in [0.717, 1.165) is 38.4 Å². The van der Waals surface area contributed by atoms with Gasteiger partial charge in [0.15, 0.2) is 12.1 Å². The number of oxazole rings is 1. The van der Waals surface area contributed by atoms with Crippen molar-refractivity contribution in [3.05, 3.63) is 30.5 Å². The molecule has 1 amide bonds. The summed E-state index contributed by atoms with van der Waals surface area (Å²) in [6.07, 6.45) is 6.37. The smallest absolute Gasteiger partial charge is 0.275 e. The van der Waals surface area contributed by atoms with Gasteiger partial charge in [-0.25, -0.2) is 4.98 Å². The molecule has 2 fully saturated rings. The Hall–Kier alpha value is -2.22. The van der Waals surface area contributed by atoms with E-state index in [-0.39, 0.29) is 17.2 Å².